The van der Waals surface area contributed by atoms with E-state index in [0.717, 1.165) is 10.6 Å². The lowest BCUT2D eigenvalue weighted by Crippen LogP contribution is -2.50. The van der Waals surface area contributed by atoms with Crippen LogP contribution in [-0.4, -0.2) is 51.0 Å². The zero-order valence-corrected chi connectivity index (χ0v) is 19.0. The van der Waals surface area contributed by atoms with E-state index in [4.69, 9.17) is 11.6 Å². The smallest absolute Gasteiger partial charge is 0.244 e. The summed E-state index contributed by atoms with van der Waals surface area (Å²) in [5.74, 6) is -0.878. The number of carbonyl (C=O) groups excluding carboxylic acids is 2. The summed E-state index contributed by atoms with van der Waals surface area (Å²) >= 11 is 6.24. The van der Waals surface area contributed by atoms with Crippen LogP contribution < -0.4 is 9.62 Å². The lowest BCUT2D eigenvalue weighted by molar-refractivity contribution is -0.139. The molecule has 2 aromatic carbocycles. The van der Waals surface area contributed by atoms with Crippen LogP contribution in [0.25, 0.3) is 0 Å². The maximum absolute atomic E-state index is 13.3. The summed E-state index contributed by atoms with van der Waals surface area (Å²) in [5, 5.41) is 2.98. The average Bonchev–Trinajstić information content (AvgIpc) is 2.70. The molecule has 0 aliphatic heterocycles. The fraction of sp³-hybridized carbons (Fsp3) is 0.333. The molecule has 2 amide bonds. The van der Waals surface area contributed by atoms with Crippen molar-refractivity contribution in [3.05, 3.63) is 64.7 Å². The summed E-state index contributed by atoms with van der Waals surface area (Å²) < 4.78 is 26.0. The number of likely N-dealkylation sites (N-methyl/N-ethyl adjacent to an activating group) is 1. The third-order valence-electron chi connectivity index (χ3n) is 4.78. The normalized spacial score (nSPS) is 12.2. The summed E-state index contributed by atoms with van der Waals surface area (Å²) in [6, 6.07) is 13.1. The van der Waals surface area contributed by atoms with E-state index in [1.165, 1.54) is 11.9 Å². The zero-order chi connectivity index (χ0) is 22.5. The summed E-state index contributed by atoms with van der Waals surface area (Å²) in [5.41, 5.74) is 1.79. The molecule has 1 atom stereocenters. The van der Waals surface area contributed by atoms with Gasteiger partial charge >= 0.3 is 0 Å². The Kier molecular flexibility index (Phi) is 7.86. The van der Waals surface area contributed by atoms with Crippen molar-refractivity contribution in [1.29, 1.82) is 0 Å². The second kappa shape index (κ2) is 9.95. The standard InChI is InChI=1S/C21H26ClN3O4S/c1-15-9-5-8-12-19(15)25(30(4,28)29)14-20(26)24(16(2)21(27)23-3)13-17-10-6-7-11-18(17)22/h5-12,16H,13-14H2,1-4H3,(H,23,27)/t16-/m0/s1. The van der Waals surface area contributed by atoms with Gasteiger partial charge < -0.3 is 10.2 Å². The fourth-order valence-electron chi connectivity index (χ4n) is 3.04. The third kappa shape index (κ3) is 5.73. The molecular formula is C21H26ClN3O4S. The van der Waals surface area contributed by atoms with Crippen molar-refractivity contribution in [3.63, 3.8) is 0 Å². The summed E-state index contributed by atoms with van der Waals surface area (Å²) in [4.78, 5) is 26.9. The molecule has 0 radical (unpaired) electrons. The van der Waals surface area contributed by atoms with E-state index >= 15 is 0 Å². The highest BCUT2D eigenvalue weighted by Crippen LogP contribution is 2.23. The maximum atomic E-state index is 13.3. The first-order valence-corrected chi connectivity index (χ1v) is 11.6. The Morgan fingerprint density at radius 1 is 1.10 bits per heavy atom. The van der Waals surface area contributed by atoms with Gasteiger partial charge in [0.1, 0.15) is 12.6 Å². The molecule has 0 aromatic heterocycles. The van der Waals surface area contributed by atoms with E-state index in [1.54, 1.807) is 62.4 Å². The molecule has 2 aromatic rings. The van der Waals surface area contributed by atoms with Gasteiger partial charge in [0.2, 0.25) is 21.8 Å². The van der Waals surface area contributed by atoms with Crippen LogP contribution in [0, 0.1) is 6.92 Å². The van der Waals surface area contributed by atoms with Crippen LogP contribution in [-0.2, 0) is 26.2 Å². The van der Waals surface area contributed by atoms with Crippen LogP contribution in [0.3, 0.4) is 0 Å². The number of anilines is 1. The second-order valence-corrected chi connectivity index (χ2v) is 9.27. The van der Waals surface area contributed by atoms with Gasteiger partial charge in [-0.3, -0.25) is 13.9 Å². The Hall–Kier alpha value is -2.58. The van der Waals surface area contributed by atoms with Crippen molar-refractivity contribution < 1.29 is 18.0 Å². The molecule has 7 nitrogen and oxygen atoms in total. The van der Waals surface area contributed by atoms with E-state index in [1.807, 2.05) is 0 Å². The van der Waals surface area contributed by atoms with Crippen molar-refractivity contribution in [2.24, 2.45) is 0 Å². The zero-order valence-electron chi connectivity index (χ0n) is 17.4. The average molecular weight is 452 g/mol. The number of halogens is 1. The Morgan fingerprint density at radius 2 is 1.70 bits per heavy atom. The molecule has 0 unspecified atom stereocenters. The number of aryl methyl sites for hydroxylation is 1. The quantitative estimate of drug-likeness (QED) is 0.668. The van der Waals surface area contributed by atoms with Gasteiger partial charge in [-0.1, -0.05) is 48.0 Å². The number of hydrogen-bond donors (Lipinski definition) is 1. The highest BCUT2D eigenvalue weighted by molar-refractivity contribution is 7.92. The first-order valence-electron chi connectivity index (χ1n) is 9.34. The van der Waals surface area contributed by atoms with Crippen LogP contribution in [0.5, 0.6) is 0 Å². The van der Waals surface area contributed by atoms with E-state index in [0.29, 0.717) is 21.8 Å². The number of benzene rings is 2. The van der Waals surface area contributed by atoms with Gasteiger partial charge in [-0.05, 0) is 37.1 Å². The SMILES string of the molecule is CNC(=O)[C@H](C)N(Cc1ccccc1Cl)C(=O)CN(c1ccccc1C)S(C)(=O)=O. The number of hydrogen-bond acceptors (Lipinski definition) is 4. The number of carbonyl (C=O) groups is 2. The van der Waals surface area contributed by atoms with Gasteiger partial charge in [-0.25, -0.2) is 8.42 Å². The number of rotatable bonds is 8. The van der Waals surface area contributed by atoms with Gasteiger partial charge in [-0.15, -0.1) is 0 Å². The van der Waals surface area contributed by atoms with Crippen molar-refractivity contribution >= 4 is 39.1 Å². The fourth-order valence-corrected chi connectivity index (χ4v) is 4.14. The first kappa shape index (κ1) is 23.7. The predicted octanol–water partition coefficient (Wildman–Crippen LogP) is 2.58. The number of nitrogens with one attached hydrogen (secondary N) is 1. The van der Waals surface area contributed by atoms with Crippen LogP contribution in [0.2, 0.25) is 5.02 Å². The summed E-state index contributed by atoms with van der Waals surface area (Å²) in [6.45, 7) is 2.99. The summed E-state index contributed by atoms with van der Waals surface area (Å²) in [7, 11) is -2.26. The van der Waals surface area contributed by atoms with E-state index < -0.39 is 28.5 Å². The van der Waals surface area contributed by atoms with Crippen LogP contribution in [0.4, 0.5) is 5.69 Å². The van der Waals surface area contributed by atoms with Crippen molar-refractivity contribution in [2.45, 2.75) is 26.4 Å². The molecule has 0 bridgehead atoms. The molecular weight excluding hydrogens is 426 g/mol. The molecule has 0 aliphatic rings. The van der Waals surface area contributed by atoms with Crippen LogP contribution in [0.1, 0.15) is 18.1 Å². The molecule has 30 heavy (non-hydrogen) atoms. The van der Waals surface area contributed by atoms with Gasteiger partial charge in [0.05, 0.1) is 11.9 Å². The maximum Gasteiger partial charge on any atom is 0.244 e. The van der Waals surface area contributed by atoms with Gasteiger partial charge in [0.25, 0.3) is 0 Å². The number of amides is 2. The Labute approximate surface area is 182 Å². The molecule has 0 heterocycles. The lowest BCUT2D eigenvalue weighted by Gasteiger charge is -2.31. The Bertz CT molecular complexity index is 1030. The Balaban J connectivity index is 2.41. The van der Waals surface area contributed by atoms with Crippen molar-refractivity contribution in [2.75, 3.05) is 24.2 Å². The van der Waals surface area contributed by atoms with Crippen LogP contribution in [0.15, 0.2) is 48.5 Å². The number of sulfonamides is 1. The highest BCUT2D eigenvalue weighted by atomic mass is 35.5. The molecule has 0 saturated heterocycles. The highest BCUT2D eigenvalue weighted by Gasteiger charge is 2.30. The minimum Gasteiger partial charge on any atom is -0.357 e. The molecule has 0 fully saturated rings. The largest absolute Gasteiger partial charge is 0.357 e. The molecule has 2 rings (SSSR count). The second-order valence-electron chi connectivity index (χ2n) is 6.96. The molecule has 0 spiro atoms. The first-order chi connectivity index (χ1) is 14.1. The minimum absolute atomic E-state index is 0.0679. The topological polar surface area (TPSA) is 86.8 Å². The predicted molar refractivity (Wildman–Crippen MR) is 119 cm³/mol. The van der Waals surface area contributed by atoms with Gasteiger partial charge in [0.15, 0.2) is 0 Å². The van der Waals surface area contributed by atoms with Crippen LogP contribution >= 0.6 is 11.6 Å². The molecule has 162 valence electrons. The molecule has 1 N–H and O–H groups in total. The summed E-state index contributed by atoms with van der Waals surface area (Å²) in [6.07, 6.45) is 1.05. The van der Waals surface area contributed by atoms with Crippen molar-refractivity contribution in [1.82, 2.24) is 10.2 Å². The van der Waals surface area contributed by atoms with E-state index in [9.17, 15) is 18.0 Å². The number of nitrogens with zero attached hydrogens (tertiary/aromatic N) is 2. The van der Waals surface area contributed by atoms with E-state index in [-0.39, 0.29) is 12.5 Å². The molecule has 0 saturated carbocycles. The molecule has 0 aliphatic carbocycles. The van der Waals surface area contributed by atoms with Crippen molar-refractivity contribution in [3.8, 4) is 0 Å². The van der Waals surface area contributed by atoms with Gasteiger partial charge in [0, 0.05) is 18.6 Å². The van der Waals surface area contributed by atoms with E-state index in [2.05, 4.69) is 5.32 Å². The third-order valence-corrected chi connectivity index (χ3v) is 6.27. The molecule has 9 heteroatoms. The number of para-hydroxylation sites is 1. The monoisotopic (exact) mass is 451 g/mol. The minimum atomic E-state index is -3.74. The van der Waals surface area contributed by atoms with Gasteiger partial charge in [-0.2, -0.15) is 0 Å². The Morgan fingerprint density at radius 3 is 2.27 bits per heavy atom. The lowest BCUT2D eigenvalue weighted by atomic mass is 10.1.